The van der Waals surface area contributed by atoms with Gasteiger partial charge in [-0.15, -0.1) is 5.10 Å². The van der Waals surface area contributed by atoms with Crippen LogP contribution in [0.3, 0.4) is 0 Å². The van der Waals surface area contributed by atoms with Crippen molar-refractivity contribution in [3.63, 3.8) is 0 Å². The molecule has 0 saturated heterocycles. The van der Waals surface area contributed by atoms with Crippen molar-refractivity contribution in [1.29, 1.82) is 0 Å². The maximum absolute atomic E-state index is 13.7. The third-order valence-corrected chi connectivity index (χ3v) is 4.92. The third-order valence-electron chi connectivity index (χ3n) is 4.92. The third kappa shape index (κ3) is 4.11. The number of rotatable bonds is 3. The van der Waals surface area contributed by atoms with E-state index in [2.05, 4.69) is 20.4 Å². The smallest absolute Gasteiger partial charge is 0.319 e. The van der Waals surface area contributed by atoms with Crippen LogP contribution < -0.4 is 5.32 Å². The molecule has 158 valence electrons. The Morgan fingerprint density at radius 2 is 1.65 bits per heavy atom. The van der Waals surface area contributed by atoms with Gasteiger partial charge < -0.3 is 5.32 Å². The number of alkyl halides is 3. The van der Waals surface area contributed by atoms with Gasteiger partial charge in [-0.25, -0.2) is 4.98 Å². The van der Waals surface area contributed by atoms with Crippen molar-refractivity contribution in [1.82, 2.24) is 19.6 Å². The van der Waals surface area contributed by atoms with Crippen molar-refractivity contribution in [3.05, 3.63) is 76.7 Å². The van der Waals surface area contributed by atoms with Gasteiger partial charge in [0.05, 0.1) is 5.69 Å². The zero-order valence-corrected chi connectivity index (χ0v) is 16.9. The summed E-state index contributed by atoms with van der Waals surface area (Å²) in [6.45, 7) is 5.70. The van der Waals surface area contributed by atoms with Gasteiger partial charge in [-0.3, -0.25) is 4.79 Å². The van der Waals surface area contributed by atoms with Crippen LogP contribution in [-0.4, -0.2) is 25.5 Å². The second-order valence-corrected chi connectivity index (χ2v) is 7.29. The zero-order valence-electron chi connectivity index (χ0n) is 16.9. The Labute approximate surface area is 175 Å². The maximum Gasteiger partial charge on any atom is 0.433 e. The molecular weight excluding hydrogens is 407 g/mol. The first-order chi connectivity index (χ1) is 14.6. The fourth-order valence-corrected chi connectivity index (χ4v) is 3.04. The van der Waals surface area contributed by atoms with Crippen LogP contribution in [0.25, 0.3) is 17.0 Å². The summed E-state index contributed by atoms with van der Waals surface area (Å²) in [7, 11) is 0. The number of benzene rings is 2. The van der Waals surface area contributed by atoms with Gasteiger partial charge in [0.15, 0.2) is 5.69 Å². The Bertz CT molecular complexity index is 1290. The van der Waals surface area contributed by atoms with Gasteiger partial charge in [-0.2, -0.15) is 22.7 Å². The molecule has 2 aromatic carbocycles. The number of aryl methyl sites for hydroxylation is 3. The molecule has 31 heavy (non-hydrogen) atoms. The van der Waals surface area contributed by atoms with Crippen LogP contribution in [0.2, 0.25) is 0 Å². The molecule has 0 aliphatic heterocycles. The second-order valence-electron chi connectivity index (χ2n) is 7.29. The van der Waals surface area contributed by atoms with E-state index in [4.69, 9.17) is 0 Å². The van der Waals surface area contributed by atoms with E-state index in [1.54, 1.807) is 36.4 Å². The number of halogens is 3. The van der Waals surface area contributed by atoms with Gasteiger partial charge in [0.25, 0.3) is 11.7 Å². The van der Waals surface area contributed by atoms with Crippen LogP contribution in [0, 0.1) is 20.8 Å². The monoisotopic (exact) mass is 425 g/mol. The molecule has 0 atom stereocenters. The number of carbonyl (C=O) groups is 1. The van der Waals surface area contributed by atoms with E-state index in [0.29, 0.717) is 15.8 Å². The minimum absolute atomic E-state index is 0.0911. The predicted octanol–water partition coefficient (Wildman–Crippen LogP) is 4.99. The molecule has 4 aromatic rings. The normalized spacial score (nSPS) is 11.7. The average molecular weight is 425 g/mol. The Kier molecular flexibility index (Phi) is 4.96. The van der Waals surface area contributed by atoms with Crippen molar-refractivity contribution in [3.8, 4) is 11.3 Å². The minimum Gasteiger partial charge on any atom is -0.319 e. The number of hydrogen-bond donors (Lipinski definition) is 1. The number of nitrogens with one attached hydrogen (secondary N) is 1. The van der Waals surface area contributed by atoms with E-state index in [0.717, 1.165) is 22.8 Å². The highest BCUT2D eigenvalue weighted by Gasteiger charge is 2.36. The summed E-state index contributed by atoms with van der Waals surface area (Å²) < 4.78 is 41.6. The molecule has 1 amide bonds. The van der Waals surface area contributed by atoms with Crippen LogP contribution in [-0.2, 0) is 6.18 Å². The van der Waals surface area contributed by atoms with Crippen LogP contribution in [0.1, 0.15) is 33.0 Å². The second kappa shape index (κ2) is 7.50. The van der Waals surface area contributed by atoms with Crippen LogP contribution in [0.4, 0.5) is 18.9 Å². The Hall–Kier alpha value is -3.75. The molecule has 0 aliphatic carbocycles. The Morgan fingerprint density at radius 1 is 0.935 bits per heavy atom. The largest absolute Gasteiger partial charge is 0.433 e. The first-order valence-corrected chi connectivity index (χ1v) is 9.42. The molecule has 2 heterocycles. The molecule has 0 unspecified atom stereocenters. The quantitative estimate of drug-likeness (QED) is 0.502. The van der Waals surface area contributed by atoms with Crippen molar-refractivity contribution < 1.29 is 18.0 Å². The van der Waals surface area contributed by atoms with E-state index < -0.39 is 23.6 Å². The standard InChI is InChI=1S/C22H18F3N5O/c1-12-4-7-15(8-5-12)17-11-18(22(23,24)25)30-21(27-17)28-19(29-30)20(31)26-16-9-6-13(2)14(3)10-16/h4-11H,1-3H3,(H,26,31). The van der Waals surface area contributed by atoms with Crippen LogP contribution >= 0.6 is 0 Å². The fourth-order valence-electron chi connectivity index (χ4n) is 3.04. The van der Waals surface area contributed by atoms with E-state index in [1.807, 2.05) is 26.8 Å². The lowest BCUT2D eigenvalue weighted by molar-refractivity contribution is -0.142. The average Bonchev–Trinajstić information content (AvgIpc) is 3.14. The van der Waals surface area contributed by atoms with Gasteiger partial charge in [-0.1, -0.05) is 35.9 Å². The summed E-state index contributed by atoms with van der Waals surface area (Å²) in [4.78, 5) is 20.7. The van der Waals surface area contributed by atoms with Crippen molar-refractivity contribution in [2.24, 2.45) is 0 Å². The molecule has 0 aliphatic rings. The predicted molar refractivity (Wildman–Crippen MR) is 110 cm³/mol. The van der Waals surface area contributed by atoms with Gasteiger partial charge in [0.1, 0.15) is 0 Å². The number of hydrogen-bond acceptors (Lipinski definition) is 4. The van der Waals surface area contributed by atoms with Crippen LogP contribution in [0.15, 0.2) is 48.5 Å². The van der Waals surface area contributed by atoms with E-state index in [-0.39, 0.29) is 11.5 Å². The highest BCUT2D eigenvalue weighted by Crippen LogP contribution is 2.32. The summed E-state index contributed by atoms with van der Waals surface area (Å²) in [6.07, 6.45) is -4.71. The number of carbonyl (C=O) groups excluding carboxylic acids is 1. The number of fused-ring (bicyclic) bond motifs is 1. The molecule has 0 fully saturated rings. The molecule has 6 nitrogen and oxygen atoms in total. The molecule has 0 saturated carbocycles. The first-order valence-electron chi connectivity index (χ1n) is 9.42. The number of nitrogens with zero attached hydrogens (tertiary/aromatic N) is 4. The molecule has 1 N–H and O–H groups in total. The number of anilines is 1. The minimum atomic E-state index is -4.71. The summed E-state index contributed by atoms with van der Waals surface area (Å²) >= 11 is 0. The lowest BCUT2D eigenvalue weighted by Crippen LogP contribution is -2.16. The SMILES string of the molecule is Cc1ccc(-c2cc(C(F)(F)F)n3nc(C(=O)Nc4ccc(C)c(C)c4)nc3n2)cc1. The first kappa shape index (κ1) is 20.5. The molecule has 2 aromatic heterocycles. The fraction of sp³-hybridized carbons (Fsp3) is 0.182. The molecule has 0 spiro atoms. The van der Waals surface area contributed by atoms with Gasteiger partial charge >= 0.3 is 6.18 Å². The van der Waals surface area contributed by atoms with E-state index in [9.17, 15) is 18.0 Å². The van der Waals surface area contributed by atoms with Gasteiger partial charge in [0, 0.05) is 11.3 Å². The van der Waals surface area contributed by atoms with Crippen molar-refractivity contribution >= 4 is 17.4 Å². The van der Waals surface area contributed by atoms with Gasteiger partial charge in [0.2, 0.25) is 5.82 Å². The van der Waals surface area contributed by atoms with Gasteiger partial charge in [-0.05, 0) is 50.1 Å². The van der Waals surface area contributed by atoms with Crippen molar-refractivity contribution in [2.75, 3.05) is 5.32 Å². The summed E-state index contributed by atoms with van der Waals surface area (Å²) in [5, 5.41) is 6.39. The Balaban J connectivity index is 1.77. The lowest BCUT2D eigenvalue weighted by Gasteiger charge is -2.10. The summed E-state index contributed by atoms with van der Waals surface area (Å²) in [5.74, 6) is -1.44. The topological polar surface area (TPSA) is 72.2 Å². The van der Waals surface area contributed by atoms with Crippen LogP contribution in [0.5, 0.6) is 0 Å². The lowest BCUT2D eigenvalue weighted by atomic mass is 10.1. The molecular formula is C22H18F3N5O. The zero-order chi connectivity index (χ0) is 22.3. The summed E-state index contributed by atoms with van der Waals surface area (Å²) in [6, 6.07) is 13.1. The van der Waals surface area contributed by atoms with E-state index in [1.165, 1.54) is 0 Å². The number of amides is 1. The van der Waals surface area contributed by atoms with Crippen molar-refractivity contribution in [2.45, 2.75) is 26.9 Å². The highest BCUT2D eigenvalue weighted by atomic mass is 19.4. The molecule has 4 rings (SSSR count). The molecule has 0 bridgehead atoms. The maximum atomic E-state index is 13.7. The summed E-state index contributed by atoms with van der Waals surface area (Å²) in [5.41, 5.74) is 3.00. The highest BCUT2D eigenvalue weighted by molar-refractivity contribution is 6.01. The number of aromatic nitrogens is 4. The van der Waals surface area contributed by atoms with E-state index >= 15 is 0 Å². The Morgan fingerprint density at radius 3 is 2.29 bits per heavy atom. The molecule has 0 radical (unpaired) electrons. The molecule has 9 heteroatoms.